The molecule has 0 spiro atoms. The number of nitrogens with one attached hydrogen (secondary N) is 1. The van der Waals surface area contributed by atoms with Crippen LogP contribution in [0.15, 0.2) is 0 Å². The Kier molecular flexibility index (Phi) is 3.65. The van der Waals surface area contributed by atoms with Crippen molar-refractivity contribution in [2.24, 2.45) is 5.73 Å². The van der Waals surface area contributed by atoms with Crippen LogP contribution in [0, 0.1) is 0 Å². The summed E-state index contributed by atoms with van der Waals surface area (Å²) < 4.78 is 0. The van der Waals surface area contributed by atoms with Crippen LogP contribution in [0.5, 0.6) is 0 Å². The fourth-order valence-electron chi connectivity index (χ4n) is 0.501. The summed E-state index contributed by atoms with van der Waals surface area (Å²) in [5.41, 5.74) is 4.70. The number of carboxylic acid groups (broad SMARTS) is 1. The summed E-state index contributed by atoms with van der Waals surface area (Å²) in [6.07, 6.45) is -0.185. The molecule has 1 unspecified atom stereocenters. The number of hydrogen-bond acceptors (Lipinski definition) is 3. The average Bonchev–Trinajstić information content (AvgIpc) is 1.86. The minimum absolute atomic E-state index is 0.210. The number of carbonyl (C=O) groups is 3. The zero-order valence-corrected chi connectivity index (χ0v) is 5.61. The fourth-order valence-corrected chi connectivity index (χ4v) is 0.501. The normalized spacial score (nSPS) is 11.6. The number of nitrogens with two attached hydrogens (primary N) is 1. The van der Waals surface area contributed by atoms with Gasteiger partial charge in [-0.2, -0.15) is 0 Å². The average molecular weight is 160 g/mol. The molecule has 0 fully saturated rings. The molecule has 1 atom stereocenters. The van der Waals surface area contributed by atoms with Gasteiger partial charge >= 0.3 is 5.97 Å². The molecule has 62 valence electrons. The first-order valence-electron chi connectivity index (χ1n) is 2.78. The molecule has 0 rings (SSSR count). The van der Waals surface area contributed by atoms with Gasteiger partial charge in [-0.1, -0.05) is 0 Å². The van der Waals surface area contributed by atoms with Crippen LogP contribution in [0.2, 0.25) is 0 Å². The predicted molar refractivity (Wildman–Crippen MR) is 34.4 cm³/mol. The van der Waals surface area contributed by atoms with Gasteiger partial charge in [0.05, 0.1) is 6.42 Å². The predicted octanol–water partition coefficient (Wildman–Crippen LogP) is -1.94. The van der Waals surface area contributed by atoms with Gasteiger partial charge in [-0.3, -0.25) is 9.59 Å². The molecule has 0 aromatic carbocycles. The lowest BCUT2D eigenvalue weighted by molar-refractivity contribution is -0.142. The third kappa shape index (κ3) is 3.90. The van der Waals surface area contributed by atoms with Crippen LogP contribution in [0.1, 0.15) is 6.42 Å². The maximum Gasteiger partial charge on any atom is 0.326 e. The van der Waals surface area contributed by atoms with E-state index in [9.17, 15) is 14.4 Å². The van der Waals surface area contributed by atoms with Gasteiger partial charge in [0, 0.05) is 0 Å². The van der Waals surface area contributed by atoms with E-state index in [1.165, 1.54) is 0 Å². The molecule has 0 aliphatic heterocycles. The molecular weight excluding hydrogens is 152 g/mol. The van der Waals surface area contributed by atoms with E-state index in [2.05, 4.69) is 0 Å². The highest BCUT2D eigenvalue weighted by Crippen LogP contribution is 1.88. The molecule has 0 aromatic heterocycles. The SMILES string of the molecule is NC(=O)CC(NC=O)C(=O)O. The Balaban J connectivity index is 3.99. The number of rotatable bonds is 5. The number of amides is 2. The molecule has 0 saturated carbocycles. The summed E-state index contributed by atoms with van der Waals surface area (Å²) in [4.78, 5) is 30.2. The van der Waals surface area contributed by atoms with E-state index in [0.29, 0.717) is 0 Å². The molecule has 0 aromatic rings. The first-order valence-corrected chi connectivity index (χ1v) is 2.78. The molecule has 2 amide bonds. The van der Waals surface area contributed by atoms with Crippen molar-refractivity contribution in [2.75, 3.05) is 0 Å². The third-order valence-corrected chi connectivity index (χ3v) is 0.973. The van der Waals surface area contributed by atoms with Gasteiger partial charge in [-0.15, -0.1) is 0 Å². The standard InChI is InChI=1S/C5H8N2O4/c6-4(9)1-3(5(10)11)7-2-8/h2-3H,1H2,(H2,6,9)(H,7,8)(H,10,11). The highest BCUT2D eigenvalue weighted by Gasteiger charge is 2.18. The van der Waals surface area contributed by atoms with Crippen LogP contribution in [-0.4, -0.2) is 29.4 Å². The second-order valence-electron chi connectivity index (χ2n) is 1.85. The number of hydrogen-bond donors (Lipinski definition) is 3. The van der Waals surface area contributed by atoms with Crippen molar-refractivity contribution >= 4 is 18.3 Å². The van der Waals surface area contributed by atoms with E-state index in [0.717, 1.165) is 0 Å². The van der Waals surface area contributed by atoms with Crippen LogP contribution in [0.4, 0.5) is 0 Å². The van der Waals surface area contributed by atoms with Crippen molar-refractivity contribution in [2.45, 2.75) is 12.5 Å². The van der Waals surface area contributed by atoms with E-state index < -0.39 is 24.3 Å². The van der Waals surface area contributed by atoms with Crippen molar-refractivity contribution in [1.29, 1.82) is 0 Å². The van der Waals surface area contributed by atoms with Crippen molar-refractivity contribution in [3.05, 3.63) is 0 Å². The number of aliphatic carboxylic acids is 1. The Labute approximate surface area is 62.4 Å². The van der Waals surface area contributed by atoms with Gasteiger partial charge in [0.1, 0.15) is 6.04 Å². The smallest absolute Gasteiger partial charge is 0.326 e. The molecule has 6 nitrogen and oxygen atoms in total. The first kappa shape index (κ1) is 9.41. The molecule has 0 radical (unpaired) electrons. The first-order chi connectivity index (χ1) is 5.07. The van der Waals surface area contributed by atoms with Crippen LogP contribution in [-0.2, 0) is 14.4 Å². The fraction of sp³-hybridized carbons (Fsp3) is 0.400. The number of primary amides is 1. The van der Waals surface area contributed by atoms with Crippen LogP contribution < -0.4 is 11.1 Å². The van der Waals surface area contributed by atoms with Crippen LogP contribution in [0.25, 0.3) is 0 Å². The maximum absolute atomic E-state index is 10.2. The molecular formula is C5H8N2O4. The highest BCUT2D eigenvalue weighted by atomic mass is 16.4. The Morgan fingerprint density at radius 3 is 2.45 bits per heavy atom. The van der Waals surface area contributed by atoms with Crippen molar-refractivity contribution in [1.82, 2.24) is 5.32 Å². The van der Waals surface area contributed by atoms with Gasteiger partial charge in [0.25, 0.3) is 0 Å². The maximum atomic E-state index is 10.2. The van der Waals surface area contributed by atoms with Gasteiger partial charge in [-0.05, 0) is 0 Å². The van der Waals surface area contributed by atoms with E-state index in [1.807, 2.05) is 5.32 Å². The third-order valence-electron chi connectivity index (χ3n) is 0.973. The molecule has 0 aliphatic carbocycles. The summed E-state index contributed by atoms with van der Waals surface area (Å²) in [6.45, 7) is 0. The lowest BCUT2D eigenvalue weighted by Crippen LogP contribution is -2.39. The minimum atomic E-state index is -1.28. The van der Waals surface area contributed by atoms with E-state index in [1.54, 1.807) is 0 Å². The lowest BCUT2D eigenvalue weighted by Gasteiger charge is -2.06. The number of carbonyl (C=O) groups excluding carboxylic acids is 2. The summed E-state index contributed by atoms with van der Waals surface area (Å²) in [6, 6.07) is -1.22. The molecule has 0 heterocycles. The Morgan fingerprint density at radius 2 is 2.18 bits per heavy atom. The van der Waals surface area contributed by atoms with Gasteiger partial charge in [0.2, 0.25) is 12.3 Å². The zero-order valence-electron chi connectivity index (χ0n) is 5.61. The Bertz CT molecular complexity index is 179. The van der Waals surface area contributed by atoms with Crippen molar-refractivity contribution < 1.29 is 19.5 Å². The van der Waals surface area contributed by atoms with Crippen molar-refractivity contribution in [3.8, 4) is 0 Å². The summed E-state index contributed by atoms with van der Waals surface area (Å²) in [5.74, 6) is -2.05. The van der Waals surface area contributed by atoms with E-state index in [4.69, 9.17) is 10.8 Å². The Morgan fingerprint density at radius 1 is 1.64 bits per heavy atom. The van der Waals surface area contributed by atoms with Gasteiger partial charge in [0.15, 0.2) is 0 Å². The van der Waals surface area contributed by atoms with Crippen molar-refractivity contribution in [3.63, 3.8) is 0 Å². The van der Waals surface area contributed by atoms with Crippen LogP contribution in [0.3, 0.4) is 0 Å². The molecule has 4 N–H and O–H groups in total. The Hall–Kier alpha value is -1.59. The van der Waals surface area contributed by atoms with Gasteiger partial charge in [-0.25, -0.2) is 4.79 Å². The second-order valence-corrected chi connectivity index (χ2v) is 1.85. The van der Waals surface area contributed by atoms with E-state index >= 15 is 0 Å². The molecule has 11 heavy (non-hydrogen) atoms. The molecule has 0 aliphatic rings. The molecule has 0 saturated heterocycles. The summed E-state index contributed by atoms with van der Waals surface area (Å²) >= 11 is 0. The number of carboxylic acids is 1. The monoisotopic (exact) mass is 160 g/mol. The second kappa shape index (κ2) is 4.26. The molecule has 6 heteroatoms. The largest absolute Gasteiger partial charge is 0.480 e. The highest BCUT2D eigenvalue weighted by molar-refractivity contribution is 5.84. The quantitative estimate of drug-likeness (QED) is 0.406. The summed E-state index contributed by atoms with van der Waals surface area (Å²) in [5, 5.41) is 10.3. The topological polar surface area (TPSA) is 109 Å². The molecule has 0 bridgehead atoms. The zero-order chi connectivity index (χ0) is 8.85. The van der Waals surface area contributed by atoms with E-state index in [-0.39, 0.29) is 6.41 Å². The summed E-state index contributed by atoms with van der Waals surface area (Å²) in [7, 11) is 0. The van der Waals surface area contributed by atoms with Crippen LogP contribution >= 0.6 is 0 Å². The minimum Gasteiger partial charge on any atom is -0.480 e. The van der Waals surface area contributed by atoms with Gasteiger partial charge < -0.3 is 16.2 Å². The lowest BCUT2D eigenvalue weighted by atomic mass is 10.2.